The van der Waals surface area contributed by atoms with Crippen molar-refractivity contribution in [2.45, 2.75) is 38.6 Å². The second-order valence-electron chi connectivity index (χ2n) is 3.75. The van der Waals surface area contributed by atoms with Crippen molar-refractivity contribution in [2.75, 3.05) is 20.1 Å². The highest BCUT2D eigenvalue weighted by molar-refractivity contribution is 5.83. The number of amidine groups is 1. The lowest BCUT2D eigenvalue weighted by atomic mass is 10.2. The topological polar surface area (TPSA) is 36.4 Å². The van der Waals surface area contributed by atoms with Crippen molar-refractivity contribution in [3.05, 3.63) is 0 Å². The number of hydrogen-bond donors (Lipinski definition) is 2. The van der Waals surface area contributed by atoms with Gasteiger partial charge in [-0.25, -0.2) is 0 Å². The highest BCUT2D eigenvalue weighted by Gasteiger charge is 2.10. The molecule has 2 N–H and O–H groups in total. The van der Waals surface area contributed by atoms with E-state index in [0.29, 0.717) is 6.04 Å². The van der Waals surface area contributed by atoms with Gasteiger partial charge in [0.1, 0.15) is 0 Å². The van der Waals surface area contributed by atoms with E-state index in [2.05, 4.69) is 22.5 Å². The standard InChI is InChI=1S/C10H21N3/c1-9-8-12-10(13-9)6-4-3-5-7-11-2/h9,11H,3-8H2,1-2H3,(H,12,13). The maximum Gasteiger partial charge on any atom is 0.0966 e. The smallest absolute Gasteiger partial charge is 0.0966 e. The minimum Gasteiger partial charge on any atom is -0.370 e. The largest absolute Gasteiger partial charge is 0.370 e. The van der Waals surface area contributed by atoms with Gasteiger partial charge < -0.3 is 10.6 Å². The Balaban J connectivity index is 1.94. The summed E-state index contributed by atoms with van der Waals surface area (Å²) in [7, 11) is 2.00. The fourth-order valence-electron chi connectivity index (χ4n) is 1.55. The second kappa shape index (κ2) is 5.97. The van der Waals surface area contributed by atoms with Crippen LogP contribution in [0.15, 0.2) is 4.99 Å². The molecule has 0 radical (unpaired) electrons. The van der Waals surface area contributed by atoms with Crippen LogP contribution in [0.3, 0.4) is 0 Å². The summed E-state index contributed by atoms with van der Waals surface area (Å²) in [4.78, 5) is 4.42. The molecule has 3 heteroatoms. The third kappa shape index (κ3) is 4.27. The van der Waals surface area contributed by atoms with Gasteiger partial charge in [0.25, 0.3) is 0 Å². The average molecular weight is 183 g/mol. The Morgan fingerprint density at radius 1 is 1.46 bits per heavy atom. The van der Waals surface area contributed by atoms with Gasteiger partial charge in [0.05, 0.1) is 12.4 Å². The summed E-state index contributed by atoms with van der Waals surface area (Å²) in [6, 6.07) is 0.562. The molecule has 0 aromatic rings. The van der Waals surface area contributed by atoms with Gasteiger partial charge in [-0.05, 0) is 33.4 Å². The SMILES string of the molecule is CNCCCCCC1=NCC(C)N1. The van der Waals surface area contributed by atoms with Gasteiger partial charge in [0, 0.05) is 12.5 Å². The van der Waals surface area contributed by atoms with E-state index in [1.54, 1.807) is 0 Å². The van der Waals surface area contributed by atoms with Crippen LogP contribution in [0.2, 0.25) is 0 Å². The molecule has 1 unspecified atom stereocenters. The number of rotatable bonds is 6. The number of aliphatic imine (C=N–C) groups is 1. The molecule has 3 nitrogen and oxygen atoms in total. The quantitative estimate of drug-likeness (QED) is 0.606. The van der Waals surface area contributed by atoms with Crippen molar-refractivity contribution in [1.82, 2.24) is 10.6 Å². The van der Waals surface area contributed by atoms with Crippen molar-refractivity contribution in [3.63, 3.8) is 0 Å². The van der Waals surface area contributed by atoms with Gasteiger partial charge in [-0.15, -0.1) is 0 Å². The fourth-order valence-corrected chi connectivity index (χ4v) is 1.55. The molecule has 13 heavy (non-hydrogen) atoms. The van der Waals surface area contributed by atoms with E-state index in [1.165, 1.54) is 25.1 Å². The van der Waals surface area contributed by atoms with E-state index in [9.17, 15) is 0 Å². The van der Waals surface area contributed by atoms with Crippen molar-refractivity contribution < 1.29 is 0 Å². The zero-order valence-electron chi connectivity index (χ0n) is 8.77. The normalized spacial score (nSPS) is 21.4. The van der Waals surface area contributed by atoms with Crippen molar-refractivity contribution >= 4 is 5.84 Å². The molecule has 76 valence electrons. The lowest BCUT2D eigenvalue weighted by Crippen LogP contribution is -2.26. The Kier molecular flexibility index (Phi) is 4.83. The zero-order chi connectivity index (χ0) is 9.52. The Hall–Kier alpha value is -0.570. The second-order valence-corrected chi connectivity index (χ2v) is 3.75. The molecule has 1 heterocycles. The van der Waals surface area contributed by atoms with Crippen LogP contribution >= 0.6 is 0 Å². The molecule has 0 bridgehead atoms. The molecule has 1 aliphatic rings. The summed E-state index contributed by atoms with van der Waals surface area (Å²) in [5.74, 6) is 1.22. The Bertz CT molecular complexity index is 166. The van der Waals surface area contributed by atoms with Crippen molar-refractivity contribution in [3.8, 4) is 0 Å². The monoisotopic (exact) mass is 183 g/mol. The van der Waals surface area contributed by atoms with Crippen LogP contribution in [-0.2, 0) is 0 Å². The number of nitrogens with one attached hydrogen (secondary N) is 2. The first-order valence-electron chi connectivity index (χ1n) is 5.27. The highest BCUT2D eigenvalue weighted by atomic mass is 15.1. The highest BCUT2D eigenvalue weighted by Crippen LogP contribution is 2.04. The lowest BCUT2D eigenvalue weighted by molar-refractivity contribution is 0.648. The summed E-state index contributed by atoms with van der Waals surface area (Å²) < 4.78 is 0. The number of unbranched alkanes of at least 4 members (excludes halogenated alkanes) is 2. The molecule has 1 rings (SSSR count). The molecule has 0 fully saturated rings. The number of nitrogens with zero attached hydrogens (tertiary/aromatic N) is 1. The maximum atomic E-state index is 4.42. The minimum absolute atomic E-state index is 0.562. The molecule has 1 aliphatic heterocycles. The van der Waals surface area contributed by atoms with Gasteiger partial charge >= 0.3 is 0 Å². The van der Waals surface area contributed by atoms with Gasteiger partial charge in [0.15, 0.2) is 0 Å². The Labute approximate surface area is 81.0 Å². The third-order valence-corrected chi connectivity index (χ3v) is 2.31. The maximum absolute atomic E-state index is 4.42. The third-order valence-electron chi connectivity index (χ3n) is 2.31. The summed E-state index contributed by atoms with van der Waals surface area (Å²) in [6.07, 6.45) is 4.98. The van der Waals surface area contributed by atoms with Crippen molar-refractivity contribution in [2.24, 2.45) is 4.99 Å². The molecule has 0 saturated carbocycles. The van der Waals surface area contributed by atoms with E-state index in [-0.39, 0.29) is 0 Å². The molecule has 1 atom stereocenters. The van der Waals surface area contributed by atoms with E-state index in [0.717, 1.165) is 19.5 Å². The molecule has 0 saturated heterocycles. The Morgan fingerprint density at radius 3 is 2.92 bits per heavy atom. The van der Waals surface area contributed by atoms with Crippen LogP contribution in [0.5, 0.6) is 0 Å². The summed E-state index contributed by atoms with van der Waals surface area (Å²) >= 11 is 0. The minimum atomic E-state index is 0.562. The first kappa shape index (κ1) is 10.5. The van der Waals surface area contributed by atoms with Crippen LogP contribution in [0, 0.1) is 0 Å². The van der Waals surface area contributed by atoms with Gasteiger partial charge in [-0.1, -0.05) is 6.42 Å². The Morgan fingerprint density at radius 2 is 2.31 bits per heavy atom. The first-order chi connectivity index (χ1) is 6.33. The number of hydrogen-bond acceptors (Lipinski definition) is 3. The predicted molar refractivity (Wildman–Crippen MR) is 57.3 cm³/mol. The van der Waals surface area contributed by atoms with E-state index in [4.69, 9.17) is 0 Å². The molecular weight excluding hydrogens is 162 g/mol. The van der Waals surface area contributed by atoms with Gasteiger partial charge in [0.2, 0.25) is 0 Å². The molecule has 0 aromatic heterocycles. The molecule has 0 spiro atoms. The zero-order valence-corrected chi connectivity index (χ0v) is 8.77. The summed E-state index contributed by atoms with van der Waals surface area (Å²) in [6.45, 7) is 4.28. The van der Waals surface area contributed by atoms with Crippen LogP contribution in [-0.4, -0.2) is 32.0 Å². The van der Waals surface area contributed by atoms with Crippen LogP contribution < -0.4 is 10.6 Å². The van der Waals surface area contributed by atoms with Gasteiger partial charge in [-0.2, -0.15) is 0 Å². The van der Waals surface area contributed by atoms with Crippen LogP contribution in [0.4, 0.5) is 0 Å². The molecular formula is C10H21N3. The lowest BCUT2D eigenvalue weighted by Gasteiger charge is -2.05. The van der Waals surface area contributed by atoms with Gasteiger partial charge in [-0.3, -0.25) is 4.99 Å². The van der Waals surface area contributed by atoms with Crippen LogP contribution in [0.1, 0.15) is 32.6 Å². The van der Waals surface area contributed by atoms with E-state index < -0.39 is 0 Å². The average Bonchev–Trinajstić information content (AvgIpc) is 2.51. The van der Waals surface area contributed by atoms with E-state index in [1.807, 2.05) is 7.05 Å². The first-order valence-corrected chi connectivity index (χ1v) is 5.27. The van der Waals surface area contributed by atoms with E-state index >= 15 is 0 Å². The predicted octanol–water partition coefficient (Wildman–Crippen LogP) is 1.16. The van der Waals surface area contributed by atoms with Crippen LogP contribution in [0.25, 0.3) is 0 Å². The molecule has 0 aromatic carbocycles. The molecule has 0 amide bonds. The summed E-state index contributed by atoms with van der Waals surface area (Å²) in [5.41, 5.74) is 0. The van der Waals surface area contributed by atoms with Crippen molar-refractivity contribution in [1.29, 1.82) is 0 Å². The molecule has 0 aliphatic carbocycles. The fraction of sp³-hybridized carbons (Fsp3) is 0.900. The summed E-state index contributed by atoms with van der Waals surface area (Å²) in [5, 5.41) is 6.54.